The van der Waals surface area contributed by atoms with Crippen molar-refractivity contribution in [2.45, 2.75) is 0 Å². The Bertz CT molecular complexity index is 3170. The van der Waals surface area contributed by atoms with E-state index in [0.29, 0.717) is 0 Å². The number of aromatic nitrogens is 4. The maximum Gasteiger partial charge on any atom is 0.145 e. The Balaban J connectivity index is 1.09. The van der Waals surface area contributed by atoms with Gasteiger partial charge in [-0.05, 0) is 83.4 Å². The van der Waals surface area contributed by atoms with Crippen LogP contribution in [0.15, 0.2) is 206 Å². The molecule has 0 aliphatic heterocycles. The van der Waals surface area contributed by atoms with Crippen LogP contribution in [0.1, 0.15) is 0 Å². The Hall–Kier alpha value is -7.56. The topological polar surface area (TPSA) is 35.6 Å². The van der Waals surface area contributed by atoms with Gasteiger partial charge in [0.2, 0.25) is 0 Å². The first kappa shape index (κ1) is 31.9. The summed E-state index contributed by atoms with van der Waals surface area (Å²) in [5, 5.41) is 4.77. The minimum Gasteiger partial charge on any atom is -0.309 e. The molecule has 4 heterocycles. The van der Waals surface area contributed by atoms with Crippen LogP contribution in [0.4, 0.5) is 0 Å². The van der Waals surface area contributed by atoms with Gasteiger partial charge in [-0.25, -0.2) is 9.97 Å². The molecule has 0 atom stereocenters. The predicted molar refractivity (Wildman–Crippen MR) is 232 cm³/mol. The highest BCUT2D eigenvalue weighted by molar-refractivity contribution is 6.15. The lowest BCUT2D eigenvalue weighted by Gasteiger charge is -2.13. The standard InChI is InChI=1S/C52H34N4/c1-4-15-35(16-5-1)47-33-39(34-48(54-47)36-17-6-2-7-18-36)37-19-12-22-41(31-37)56-50-29-28-38(32-46(50)45-26-14-30-53-52(45)56)42-24-13-25-44-43-23-10-11-27-49(43)55(51(42)44)40-20-8-3-9-21-40/h1-34H. The number of hydrogen-bond acceptors (Lipinski definition) is 2. The van der Waals surface area contributed by atoms with Gasteiger partial charge in [-0.1, -0.05) is 133 Å². The molecule has 4 aromatic heterocycles. The Labute approximate surface area is 324 Å². The molecule has 56 heavy (non-hydrogen) atoms. The van der Waals surface area contributed by atoms with E-state index in [1.165, 1.54) is 32.9 Å². The van der Waals surface area contributed by atoms with Crippen molar-refractivity contribution in [2.75, 3.05) is 0 Å². The maximum atomic E-state index is 5.12. The van der Waals surface area contributed by atoms with Crippen LogP contribution in [0, 0.1) is 0 Å². The van der Waals surface area contributed by atoms with Gasteiger partial charge < -0.3 is 4.57 Å². The van der Waals surface area contributed by atoms with E-state index >= 15 is 0 Å². The van der Waals surface area contributed by atoms with Crippen molar-refractivity contribution in [3.63, 3.8) is 0 Å². The van der Waals surface area contributed by atoms with Crippen molar-refractivity contribution >= 4 is 43.7 Å². The lowest BCUT2D eigenvalue weighted by Crippen LogP contribution is -1.97. The predicted octanol–water partition coefficient (Wildman–Crippen LogP) is 13.3. The quantitative estimate of drug-likeness (QED) is 0.172. The summed E-state index contributed by atoms with van der Waals surface area (Å²) in [5.41, 5.74) is 15.3. The molecule has 0 spiro atoms. The van der Waals surface area contributed by atoms with E-state index in [0.717, 1.165) is 67.0 Å². The second kappa shape index (κ2) is 13.1. The van der Waals surface area contributed by atoms with Gasteiger partial charge in [0.25, 0.3) is 0 Å². The Kier molecular flexibility index (Phi) is 7.46. The number of fused-ring (bicyclic) bond motifs is 6. The van der Waals surface area contributed by atoms with Crippen molar-refractivity contribution < 1.29 is 0 Å². The zero-order valence-electron chi connectivity index (χ0n) is 30.4. The van der Waals surface area contributed by atoms with Crippen LogP contribution >= 0.6 is 0 Å². The van der Waals surface area contributed by atoms with E-state index in [9.17, 15) is 0 Å². The number of nitrogens with zero attached hydrogens (tertiary/aromatic N) is 4. The van der Waals surface area contributed by atoms with E-state index in [4.69, 9.17) is 9.97 Å². The third-order valence-electron chi connectivity index (χ3n) is 10.9. The fourth-order valence-corrected chi connectivity index (χ4v) is 8.41. The molecule has 0 saturated carbocycles. The van der Waals surface area contributed by atoms with Crippen LogP contribution in [-0.4, -0.2) is 19.1 Å². The third-order valence-corrected chi connectivity index (χ3v) is 10.9. The molecule has 11 aromatic rings. The number of para-hydroxylation sites is 3. The molecule has 0 N–H and O–H groups in total. The van der Waals surface area contributed by atoms with Gasteiger partial charge >= 0.3 is 0 Å². The first-order valence-corrected chi connectivity index (χ1v) is 19.0. The zero-order chi connectivity index (χ0) is 37.0. The van der Waals surface area contributed by atoms with Crippen molar-refractivity contribution in [1.82, 2.24) is 19.1 Å². The summed E-state index contributed by atoms with van der Waals surface area (Å²) in [6, 6.07) is 71.2. The first-order valence-electron chi connectivity index (χ1n) is 19.0. The van der Waals surface area contributed by atoms with Crippen molar-refractivity contribution in [3.8, 4) is 56.1 Å². The van der Waals surface area contributed by atoms with Crippen LogP contribution in [0.3, 0.4) is 0 Å². The smallest absolute Gasteiger partial charge is 0.145 e. The monoisotopic (exact) mass is 714 g/mol. The summed E-state index contributed by atoms with van der Waals surface area (Å²) < 4.78 is 4.71. The Morgan fingerprint density at radius 1 is 0.339 bits per heavy atom. The van der Waals surface area contributed by atoms with Gasteiger partial charge in [0.05, 0.1) is 27.9 Å². The van der Waals surface area contributed by atoms with Crippen LogP contribution in [-0.2, 0) is 0 Å². The van der Waals surface area contributed by atoms with Gasteiger partial charge in [0, 0.05) is 55.8 Å². The summed E-state index contributed by atoms with van der Waals surface area (Å²) in [5.74, 6) is 0. The molecular formula is C52H34N4. The number of rotatable bonds is 6. The fourth-order valence-electron chi connectivity index (χ4n) is 8.41. The Morgan fingerprint density at radius 3 is 1.71 bits per heavy atom. The van der Waals surface area contributed by atoms with Crippen molar-refractivity contribution in [1.29, 1.82) is 0 Å². The minimum atomic E-state index is 0.929. The zero-order valence-corrected chi connectivity index (χ0v) is 30.4. The normalized spacial score (nSPS) is 11.6. The van der Waals surface area contributed by atoms with Crippen LogP contribution in [0.5, 0.6) is 0 Å². The van der Waals surface area contributed by atoms with Crippen molar-refractivity contribution in [2.24, 2.45) is 0 Å². The lowest BCUT2D eigenvalue weighted by molar-refractivity contribution is 1.14. The Morgan fingerprint density at radius 2 is 0.946 bits per heavy atom. The molecule has 0 amide bonds. The highest BCUT2D eigenvalue weighted by Gasteiger charge is 2.19. The molecule has 4 nitrogen and oxygen atoms in total. The van der Waals surface area contributed by atoms with Crippen molar-refractivity contribution in [3.05, 3.63) is 206 Å². The lowest BCUT2D eigenvalue weighted by atomic mass is 9.99. The van der Waals surface area contributed by atoms with Gasteiger partial charge in [-0.2, -0.15) is 0 Å². The maximum absolute atomic E-state index is 5.12. The molecule has 0 radical (unpaired) electrons. The summed E-state index contributed by atoms with van der Waals surface area (Å²) in [6.45, 7) is 0. The summed E-state index contributed by atoms with van der Waals surface area (Å²) in [6.07, 6.45) is 1.89. The van der Waals surface area contributed by atoms with E-state index in [-0.39, 0.29) is 0 Å². The van der Waals surface area contributed by atoms with Crippen LogP contribution in [0.25, 0.3) is 99.9 Å². The molecular weight excluding hydrogens is 681 g/mol. The second-order valence-electron chi connectivity index (χ2n) is 14.2. The molecule has 0 unspecified atom stereocenters. The molecule has 0 fully saturated rings. The fraction of sp³-hybridized carbons (Fsp3) is 0. The summed E-state index contributed by atoms with van der Waals surface area (Å²) in [7, 11) is 0. The second-order valence-corrected chi connectivity index (χ2v) is 14.2. The van der Waals surface area contributed by atoms with Crippen LogP contribution < -0.4 is 0 Å². The number of pyridine rings is 2. The van der Waals surface area contributed by atoms with Crippen LogP contribution in [0.2, 0.25) is 0 Å². The highest BCUT2D eigenvalue weighted by atomic mass is 15.0. The van der Waals surface area contributed by atoms with E-state index in [2.05, 4.69) is 191 Å². The van der Waals surface area contributed by atoms with Gasteiger partial charge in [0.15, 0.2) is 0 Å². The third kappa shape index (κ3) is 5.23. The average molecular weight is 715 g/mol. The number of benzene rings is 7. The average Bonchev–Trinajstić information content (AvgIpc) is 3.80. The minimum absolute atomic E-state index is 0.929. The molecule has 0 bridgehead atoms. The molecule has 262 valence electrons. The molecule has 0 aliphatic rings. The van der Waals surface area contributed by atoms with Gasteiger partial charge in [-0.3, -0.25) is 4.57 Å². The van der Waals surface area contributed by atoms with E-state index in [1.807, 2.05) is 24.4 Å². The molecule has 0 saturated heterocycles. The first-order chi connectivity index (χ1) is 27.8. The van der Waals surface area contributed by atoms with E-state index in [1.54, 1.807) is 0 Å². The summed E-state index contributed by atoms with van der Waals surface area (Å²) >= 11 is 0. The van der Waals surface area contributed by atoms with Gasteiger partial charge in [-0.15, -0.1) is 0 Å². The van der Waals surface area contributed by atoms with E-state index < -0.39 is 0 Å². The number of hydrogen-bond donors (Lipinski definition) is 0. The molecule has 0 aliphatic carbocycles. The molecule has 4 heteroatoms. The SMILES string of the molecule is c1ccc(-c2cc(-c3cccc(-n4c5ccc(-c6cccc7c8ccccc8n(-c8ccccc8)c67)cc5c5cccnc54)c3)cc(-c3ccccc3)n2)cc1. The molecule has 11 rings (SSSR count). The molecule has 7 aromatic carbocycles. The van der Waals surface area contributed by atoms with Gasteiger partial charge in [0.1, 0.15) is 5.65 Å². The summed E-state index contributed by atoms with van der Waals surface area (Å²) in [4.78, 5) is 10.1. The largest absolute Gasteiger partial charge is 0.309 e. The highest BCUT2D eigenvalue weighted by Crippen LogP contribution is 2.41.